The number of hydrogen-bond acceptors (Lipinski definition) is 4. The van der Waals surface area contributed by atoms with Crippen LogP contribution in [-0.2, 0) is 0 Å². The normalized spacial score (nSPS) is 21.8. The molecule has 0 spiro atoms. The molecular formula is C12H25N3S. The Morgan fingerprint density at radius 2 is 2.12 bits per heavy atom. The number of hydrogen-bond donors (Lipinski definition) is 1. The van der Waals surface area contributed by atoms with E-state index in [4.69, 9.17) is 0 Å². The van der Waals surface area contributed by atoms with Gasteiger partial charge >= 0.3 is 0 Å². The molecule has 16 heavy (non-hydrogen) atoms. The molecule has 3 nitrogen and oxygen atoms in total. The summed E-state index contributed by atoms with van der Waals surface area (Å²) in [5.74, 6) is 0.704. The van der Waals surface area contributed by atoms with E-state index in [1.807, 2.05) is 11.8 Å². The average Bonchev–Trinajstić information content (AvgIpc) is 2.63. The predicted octanol–water partition coefficient (Wildman–Crippen LogP) is 2.04. The molecule has 0 saturated carbocycles. The highest BCUT2D eigenvalue weighted by atomic mass is 32.2. The first kappa shape index (κ1) is 13.8. The van der Waals surface area contributed by atoms with E-state index in [0.717, 1.165) is 18.3 Å². The molecule has 1 aliphatic rings. The summed E-state index contributed by atoms with van der Waals surface area (Å²) in [6.45, 7) is 10.9. The molecule has 1 aliphatic heterocycles. The summed E-state index contributed by atoms with van der Waals surface area (Å²) < 4.78 is 0. The van der Waals surface area contributed by atoms with Crippen LogP contribution in [-0.4, -0.2) is 48.0 Å². The van der Waals surface area contributed by atoms with E-state index >= 15 is 0 Å². The number of aliphatic imine (C=N–C) groups is 1. The lowest BCUT2D eigenvalue weighted by Gasteiger charge is -2.32. The molecule has 1 rings (SSSR count). The van der Waals surface area contributed by atoms with Gasteiger partial charge in [0.2, 0.25) is 0 Å². The monoisotopic (exact) mass is 243 g/mol. The SMILES string of the molecule is CC(C)C1CN=C(NCC(C)(C)N(C)C)S1. The lowest BCUT2D eigenvalue weighted by molar-refractivity contribution is 0.198. The Morgan fingerprint density at radius 3 is 2.56 bits per heavy atom. The summed E-state index contributed by atoms with van der Waals surface area (Å²) in [4.78, 5) is 6.79. The molecule has 0 radical (unpaired) electrons. The summed E-state index contributed by atoms with van der Waals surface area (Å²) >= 11 is 1.89. The minimum absolute atomic E-state index is 0.166. The van der Waals surface area contributed by atoms with Gasteiger partial charge in [-0.25, -0.2) is 0 Å². The van der Waals surface area contributed by atoms with Gasteiger partial charge in [0.15, 0.2) is 5.17 Å². The number of likely N-dealkylation sites (N-methyl/N-ethyl adjacent to an activating group) is 1. The summed E-state index contributed by atoms with van der Waals surface area (Å²) in [7, 11) is 4.23. The zero-order valence-electron chi connectivity index (χ0n) is 11.4. The second-order valence-electron chi connectivity index (χ2n) is 5.61. The van der Waals surface area contributed by atoms with Crippen molar-refractivity contribution in [3.8, 4) is 0 Å². The molecule has 4 heteroatoms. The first-order chi connectivity index (χ1) is 7.33. The van der Waals surface area contributed by atoms with Gasteiger partial charge in [0, 0.05) is 17.3 Å². The molecule has 0 aliphatic carbocycles. The van der Waals surface area contributed by atoms with Crippen LogP contribution < -0.4 is 5.32 Å². The van der Waals surface area contributed by atoms with Gasteiger partial charge in [0.25, 0.3) is 0 Å². The number of nitrogens with one attached hydrogen (secondary N) is 1. The van der Waals surface area contributed by atoms with E-state index in [2.05, 4.69) is 57.0 Å². The second-order valence-corrected chi connectivity index (χ2v) is 6.83. The van der Waals surface area contributed by atoms with Crippen molar-refractivity contribution < 1.29 is 0 Å². The number of amidine groups is 1. The molecule has 0 aromatic carbocycles. The third-order valence-corrected chi connectivity index (χ3v) is 4.80. The quantitative estimate of drug-likeness (QED) is 0.819. The zero-order chi connectivity index (χ0) is 12.3. The smallest absolute Gasteiger partial charge is 0.156 e. The zero-order valence-corrected chi connectivity index (χ0v) is 12.2. The minimum Gasteiger partial charge on any atom is -0.363 e. The van der Waals surface area contributed by atoms with E-state index in [9.17, 15) is 0 Å². The van der Waals surface area contributed by atoms with Crippen LogP contribution in [0, 0.1) is 5.92 Å². The molecule has 1 N–H and O–H groups in total. The molecule has 94 valence electrons. The average molecular weight is 243 g/mol. The highest BCUT2D eigenvalue weighted by molar-refractivity contribution is 8.14. The molecule has 0 fully saturated rings. The molecule has 0 bridgehead atoms. The van der Waals surface area contributed by atoms with Gasteiger partial charge in [-0.2, -0.15) is 0 Å². The van der Waals surface area contributed by atoms with Gasteiger partial charge in [0.1, 0.15) is 0 Å². The lowest BCUT2D eigenvalue weighted by atomic mass is 10.1. The van der Waals surface area contributed by atoms with Crippen molar-refractivity contribution in [1.82, 2.24) is 10.2 Å². The largest absolute Gasteiger partial charge is 0.363 e. The number of thioether (sulfide) groups is 1. The van der Waals surface area contributed by atoms with Crippen LogP contribution in [0.1, 0.15) is 27.7 Å². The molecule has 0 aromatic heterocycles. The van der Waals surface area contributed by atoms with E-state index < -0.39 is 0 Å². The number of nitrogens with zero attached hydrogens (tertiary/aromatic N) is 2. The fraction of sp³-hybridized carbons (Fsp3) is 0.917. The van der Waals surface area contributed by atoms with E-state index in [-0.39, 0.29) is 5.54 Å². The molecule has 0 amide bonds. The highest BCUT2D eigenvalue weighted by Crippen LogP contribution is 2.26. The van der Waals surface area contributed by atoms with E-state index in [0.29, 0.717) is 11.2 Å². The maximum Gasteiger partial charge on any atom is 0.156 e. The van der Waals surface area contributed by atoms with Crippen LogP contribution >= 0.6 is 11.8 Å². The van der Waals surface area contributed by atoms with Gasteiger partial charge in [-0.3, -0.25) is 4.99 Å². The standard InChI is InChI=1S/C12H25N3S/c1-9(2)10-7-13-11(16-10)14-8-12(3,4)15(5)6/h9-10H,7-8H2,1-6H3,(H,13,14). The van der Waals surface area contributed by atoms with Gasteiger partial charge < -0.3 is 10.2 Å². The molecule has 1 unspecified atom stereocenters. The van der Waals surface area contributed by atoms with Gasteiger partial charge in [0.05, 0.1) is 6.54 Å². The molecule has 0 aromatic rings. The Labute approximate surface area is 104 Å². The maximum atomic E-state index is 4.55. The number of rotatable bonds is 4. The second kappa shape index (κ2) is 5.41. The van der Waals surface area contributed by atoms with Crippen LogP contribution in [0.4, 0.5) is 0 Å². The van der Waals surface area contributed by atoms with Crippen LogP contribution in [0.2, 0.25) is 0 Å². The fourth-order valence-corrected chi connectivity index (χ4v) is 2.30. The van der Waals surface area contributed by atoms with Crippen LogP contribution in [0.5, 0.6) is 0 Å². The van der Waals surface area contributed by atoms with Gasteiger partial charge in [-0.15, -0.1) is 0 Å². The topological polar surface area (TPSA) is 27.6 Å². The van der Waals surface area contributed by atoms with Gasteiger partial charge in [-0.05, 0) is 33.9 Å². The van der Waals surface area contributed by atoms with Crippen LogP contribution in [0.25, 0.3) is 0 Å². The van der Waals surface area contributed by atoms with E-state index in [1.54, 1.807) is 0 Å². The Bertz CT molecular complexity index is 259. The third-order valence-electron chi connectivity index (χ3n) is 3.30. The van der Waals surface area contributed by atoms with Gasteiger partial charge in [-0.1, -0.05) is 25.6 Å². The van der Waals surface area contributed by atoms with E-state index in [1.165, 1.54) is 0 Å². The predicted molar refractivity (Wildman–Crippen MR) is 74.3 cm³/mol. The Morgan fingerprint density at radius 1 is 1.50 bits per heavy atom. The lowest BCUT2D eigenvalue weighted by Crippen LogP contribution is -2.47. The van der Waals surface area contributed by atoms with Crippen molar-refractivity contribution in [3.63, 3.8) is 0 Å². The first-order valence-corrected chi connectivity index (χ1v) is 6.83. The molecule has 1 heterocycles. The summed E-state index contributed by atoms with van der Waals surface area (Å²) in [5.41, 5.74) is 0.166. The Hall–Kier alpha value is -0.220. The molecular weight excluding hydrogens is 218 g/mol. The summed E-state index contributed by atoms with van der Waals surface area (Å²) in [5, 5.41) is 5.24. The van der Waals surface area contributed by atoms with Crippen molar-refractivity contribution in [3.05, 3.63) is 0 Å². The van der Waals surface area contributed by atoms with Crippen molar-refractivity contribution in [2.45, 2.75) is 38.5 Å². The van der Waals surface area contributed by atoms with Crippen molar-refractivity contribution in [1.29, 1.82) is 0 Å². The third kappa shape index (κ3) is 3.67. The Kier molecular flexibility index (Phi) is 4.68. The van der Waals surface area contributed by atoms with Crippen LogP contribution in [0.15, 0.2) is 4.99 Å². The Balaban J connectivity index is 2.36. The van der Waals surface area contributed by atoms with Crippen molar-refractivity contribution in [2.75, 3.05) is 27.2 Å². The van der Waals surface area contributed by atoms with Crippen LogP contribution in [0.3, 0.4) is 0 Å². The minimum atomic E-state index is 0.166. The summed E-state index contributed by atoms with van der Waals surface area (Å²) in [6, 6.07) is 0. The first-order valence-electron chi connectivity index (χ1n) is 5.95. The molecule has 1 atom stereocenters. The van der Waals surface area contributed by atoms with Crippen molar-refractivity contribution in [2.24, 2.45) is 10.9 Å². The summed E-state index contributed by atoms with van der Waals surface area (Å²) in [6.07, 6.45) is 0. The fourth-order valence-electron chi connectivity index (χ4n) is 1.29. The van der Waals surface area contributed by atoms with Crippen molar-refractivity contribution >= 4 is 16.9 Å². The molecule has 0 saturated heterocycles. The highest BCUT2D eigenvalue weighted by Gasteiger charge is 2.25. The maximum absolute atomic E-state index is 4.55.